The molecule has 3 rings (SSSR count). The molecule has 0 aliphatic heterocycles. The summed E-state index contributed by atoms with van der Waals surface area (Å²) in [5.41, 5.74) is 1.68. The van der Waals surface area contributed by atoms with Gasteiger partial charge in [0, 0.05) is 5.39 Å². The van der Waals surface area contributed by atoms with Crippen molar-refractivity contribution < 1.29 is 14.6 Å². The number of fused-ring (bicyclic) bond motifs is 1. The number of tetrazole rings is 1. The van der Waals surface area contributed by atoms with Crippen LogP contribution in [0.5, 0.6) is 0 Å². The minimum Gasteiger partial charge on any atom is -0.411 e. The van der Waals surface area contributed by atoms with Crippen molar-refractivity contribution in [3.8, 4) is 0 Å². The summed E-state index contributed by atoms with van der Waals surface area (Å²) in [7, 11) is 0. The Morgan fingerprint density at radius 3 is 3.22 bits per heavy atom. The molecule has 2 aromatic heterocycles. The molecular formula is C10H11N6O2+. The van der Waals surface area contributed by atoms with Crippen LogP contribution in [0.2, 0.25) is 0 Å². The molecule has 8 heteroatoms. The Bertz CT molecular complexity index is 647. The molecule has 0 amide bonds. The average Bonchev–Trinajstić information content (AvgIpc) is 3.00. The molecule has 0 aliphatic rings. The number of nitrogens with zero attached hydrogens (tertiary/aromatic N) is 5. The van der Waals surface area contributed by atoms with Crippen molar-refractivity contribution in [3.05, 3.63) is 36.3 Å². The standard InChI is InChI=1S/C10H10N6O2/c17-16-10-2-1-8(3-9(10)4-12-16)5-18-7-15-6-11-13-14-15/h1-4,6,17H,5,7H2/p+1. The molecule has 3 aromatic rings. The SMILES string of the molecule is On1ncc2cc(COC[n+]3cnn[nH]3)ccc21. The highest BCUT2D eigenvalue weighted by Crippen LogP contribution is 2.15. The van der Waals surface area contributed by atoms with Gasteiger partial charge in [-0.05, 0) is 17.7 Å². The summed E-state index contributed by atoms with van der Waals surface area (Å²) < 4.78 is 7.10. The highest BCUT2D eigenvalue weighted by atomic mass is 16.5. The van der Waals surface area contributed by atoms with Crippen molar-refractivity contribution >= 4 is 10.9 Å². The monoisotopic (exact) mass is 247 g/mol. The third-order valence-electron chi connectivity index (χ3n) is 2.53. The third kappa shape index (κ3) is 2.00. The Kier molecular flexibility index (Phi) is 2.61. The normalized spacial score (nSPS) is 11.1. The van der Waals surface area contributed by atoms with Gasteiger partial charge in [-0.15, -0.1) is 14.6 Å². The second kappa shape index (κ2) is 4.41. The fourth-order valence-corrected chi connectivity index (χ4v) is 1.68. The van der Waals surface area contributed by atoms with E-state index >= 15 is 0 Å². The van der Waals surface area contributed by atoms with Gasteiger partial charge < -0.3 is 9.94 Å². The van der Waals surface area contributed by atoms with E-state index in [9.17, 15) is 5.21 Å². The van der Waals surface area contributed by atoms with Crippen LogP contribution in [-0.4, -0.2) is 30.7 Å². The van der Waals surface area contributed by atoms with E-state index < -0.39 is 0 Å². The summed E-state index contributed by atoms with van der Waals surface area (Å²) >= 11 is 0. The number of ether oxygens (including phenoxy) is 1. The molecule has 0 atom stereocenters. The predicted octanol–water partition coefficient (Wildman–Crippen LogP) is -0.147. The lowest BCUT2D eigenvalue weighted by Crippen LogP contribution is -2.36. The first-order valence-corrected chi connectivity index (χ1v) is 5.32. The first-order chi connectivity index (χ1) is 8.83. The van der Waals surface area contributed by atoms with Gasteiger partial charge in [0.2, 0.25) is 0 Å². The first-order valence-electron chi connectivity index (χ1n) is 5.32. The summed E-state index contributed by atoms with van der Waals surface area (Å²) in [5.74, 6) is 0. The maximum Gasteiger partial charge on any atom is 0.290 e. The summed E-state index contributed by atoms with van der Waals surface area (Å²) in [4.78, 5) is 0.853. The molecular weight excluding hydrogens is 236 g/mol. The number of hydrogen-bond acceptors (Lipinski definition) is 5. The Morgan fingerprint density at radius 2 is 2.39 bits per heavy atom. The molecule has 0 unspecified atom stereocenters. The smallest absolute Gasteiger partial charge is 0.290 e. The van der Waals surface area contributed by atoms with Crippen LogP contribution in [0.1, 0.15) is 5.56 Å². The molecule has 0 spiro atoms. The minimum absolute atomic E-state index is 0.351. The predicted molar refractivity (Wildman–Crippen MR) is 58.3 cm³/mol. The van der Waals surface area contributed by atoms with Crippen LogP contribution in [0.15, 0.2) is 30.7 Å². The van der Waals surface area contributed by atoms with E-state index in [1.54, 1.807) is 23.3 Å². The number of aromatic amines is 1. The van der Waals surface area contributed by atoms with Gasteiger partial charge in [0.25, 0.3) is 6.33 Å². The molecule has 18 heavy (non-hydrogen) atoms. The van der Waals surface area contributed by atoms with Gasteiger partial charge in [-0.1, -0.05) is 11.3 Å². The van der Waals surface area contributed by atoms with E-state index in [0.717, 1.165) is 15.8 Å². The second-order valence-corrected chi connectivity index (χ2v) is 3.81. The van der Waals surface area contributed by atoms with Crippen molar-refractivity contribution in [3.63, 3.8) is 0 Å². The van der Waals surface area contributed by atoms with Gasteiger partial charge in [-0.25, -0.2) is 0 Å². The van der Waals surface area contributed by atoms with Gasteiger partial charge in [0.05, 0.1) is 12.8 Å². The van der Waals surface area contributed by atoms with Gasteiger partial charge in [0.1, 0.15) is 10.6 Å². The molecule has 0 radical (unpaired) electrons. The van der Waals surface area contributed by atoms with Crippen molar-refractivity contribution in [1.82, 2.24) is 25.5 Å². The zero-order valence-electron chi connectivity index (χ0n) is 9.39. The fourth-order valence-electron chi connectivity index (χ4n) is 1.68. The van der Waals surface area contributed by atoms with E-state index in [1.807, 2.05) is 12.1 Å². The van der Waals surface area contributed by atoms with Gasteiger partial charge >= 0.3 is 0 Å². The largest absolute Gasteiger partial charge is 0.411 e. The topological polar surface area (TPSA) is 92.7 Å². The number of aromatic nitrogens is 6. The number of H-pyrrole nitrogens is 1. The van der Waals surface area contributed by atoms with E-state index in [4.69, 9.17) is 4.74 Å². The van der Waals surface area contributed by atoms with Gasteiger partial charge in [-0.2, -0.15) is 0 Å². The van der Waals surface area contributed by atoms with E-state index in [0.29, 0.717) is 18.9 Å². The van der Waals surface area contributed by atoms with Crippen LogP contribution >= 0.6 is 0 Å². The van der Waals surface area contributed by atoms with Crippen LogP contribution < -0.4 is 4.68 Å². The molecule has 0 bridgehead atoms. The van der Waals surface area contributed by atoms with Crippen LogP contribution in [0.25, 0.3) is 10.9 Å². The number of hydrogen-bond donors (Lipinski definition) is 2. The average molecular weight is 247 g/mol. The highest BCUT2D eigenvalue weighted by molar-refractivity contribution is 5.78. The van der Waals surface area contributed by atoms with Crippen molar-refractivity contribution in [1.29, 1.82) is 0 Å². The summed E-state index contributed by atoms with van der Waals surface area (Å²) in [5, 5.41) is 23.8. The summed E-state index contributed by atoms with van der Waals surface area (Å²) in [6.07, 6.45) is 3.14. The lowest BCUT2D eigenvalue weighted by Gasteiger charge is -2.02. The molecule has 8 nitrogen and oxygen atoms in total. The molecule has 1 aromatic carbocycles. The molecule has 0 saturated heterocycles. The van der Waals surface area contributed by atoms with Crippen molar-refractivity contribution in [2.45, 2.75) is 13.3 Å². The number of rotatable bonds is 4. The lowest BCUT2D eigenvalue weighted by atomic mass is 10.2. The number of benzene rings is 1. The molecule has 0 aliphatic carbocycles. The third-order valence-corrected chi connectivity index (χ3v) is 2.53. The minimum atomic E-state index is 0.351. The highest BCUT2D eigenvalue weighted by Gasteiger charge is 2.03. The maximum absolute atomic E-state index is 9.36. The molecule has 0 saturated carbocycles. The Balaban J connectivity index is 1.67. The molecule has 2 N–H and O–H groups in total. The van der Waals surface area contributed by atoms with Crippen molar-refractivity contribution in [2.24, 2.45) is 0 Å². The first kappa shape index (κ1) is 10.7. The summed E-state index contributed by atoms with van der Waals surface area (Å²) in [6.45, 7) is 0.808. The van der Waals surface area contributed by atoms with Crippen molar-refractivity contribution in [2.75, 3.05) is 0 Å². The van der Waals surface area contributed by atoms with Crippen LogP contribution in [-0.2, 0) is 18.1 Å². The van der Waals surface area contributed by atoms with Crippen LogP contribution in [0, 0.1) is 0 Å². The lowest BCUT2D eigenvalue weighted by molar-refractivity contribution is -0.786. The second-order valence-electron chi connectivity index (χ2n) is 3.81. The summed E-state index contributed by atoms with van der Waals surface area (Å²) in [6, 6.07) is 5.60. The van der Waals surface area contributed by atoms with Crippen LogP contribution in [0.4, 0.5) is 0 Å². The van der Waals surface area contributed by atoms with E-state index in [2.05, 4.69) is 20.6 Å². The maximum atomic E-state index is 9.36. The number of nitrogens with one attached hydrogen (secondary N) is 1. The zero-order chi connectivity index (χ0) is 12.4. The Morgan fingerprint density at radius 1 is 1.44 bits per heavy atom. The van der Waals surface area contributed by atoms with Crippen LogP contribution in [0.3, 0.4) is 0 Å². The molecule has 2 heterocycles. The van der Waals surface area contributed by atoms with Gasteiger partial charge in [-0.3, -0.25) is 0 Å². The molecule has 0 fully saturated rings. The Hall–Kier alpha value is -2.48. The van der Waals surface area contributed by atoms with Gasteiger partial charge in [0.15, 0.2) is 11.9 Å². The molecule has 92 valence electrons. The Labute approximate surface area is 101 Å². The van der Waals surface area contributed by atoms with E-state index in [1.165, 1.54) is 0 Å². The quantitative estimate of drug-likeness (QED) is 0.494. The fraction of sp³-hybridized carbons (Fsp3) is 0.200. The van der Waals surface area contributed by atoms with E-state index in [-0.39, 0.29) is 0 Å². The zero-order valence-corrected chi connectivity index (χ0v) is 9.39.